The van der Waals surface area contributed by atoms with E-state index in [1.165, 1.54) is 0 Å². The third kappa shape index (κ3) is 2.98. The fourth-order valence-corrected chi connectivity index (χ4v) is 5.21. The van der Waals surface area contributed by atoms with E-state index in [4.69, 9.17) is 5.73 Å². The number of aryl methyl sites for hydroxylation is 1. The molecule has 3 heterocycles. The van der Waals surface area contributed by atoms with Crippen LogP contribution in [0.15, 0.2) is 30.3 Å². The highest BCUT2D eigenvalue weighted by molar-refractivity contribution is 6.04. The summed E-state index contributed by atoms with van der Waals surface area (Å²) >= 11 is 0. The number of nitrogens with zero attached hydrogens (tertiary/aromatic N) is 4. The van der Waals surface area contributed by atoms with Crippen molar-refractivity contribution >= 4 is 28.3 Å². The topological polar surface area (TPSA) is 102 Å². The van der Waals surface area contributed by atoms with Crippen molar-refractivity contribution in [3.05, 3.63) is 41.5 Å². The van der Waals surface area contributed by atoms with Crippen molar-refractivity contribution in [2.24, 2.45) is 5.41 Å². The van der Waals surface area contributed by atoms with Gasteiger partial charge in [-0.3, -0.25) is 9.89 Å². The first-order chi connectivity index (χ1) is 15.5. The summed E-state index contributed by atoms with van der Waals surface area (Å²) in [7, 11) is 0. The molecular weight excluding hydrogens is 400 g/mol. The molecule has 3 N–H and O–H groups in total. The number of nitriles is 1. The maximum absolute atomic E-state index is 12.0. The van der Waals surface area contributed by atoms with Gasteiger partial charge in [0, 0.05) is 37.2 Å². The Kier molecular flexibility index (Phi) is 4.56. The number of H-pyrrole nitrogens is 1. The Morgan fingerprint density at radius 1 is 1.25 bits per heavy atom. The van der Waals surface area contributed by atoms with Crippen LogP contribution in [0.4, 0.5) is 11.5 Å². The van der Waals surface area contributed by atoms with Gasteiger partial charge in [0.05, 0.1) is 22.2 Å². The van der Waals surface area contributed by atoms with Crippen molar-refractivity contribution in [3.63, 3.8) is 0 Å². The molecule has 160 valence electrons. The number of likely N-dealkylation sites (tertiary alicyclic amines) is 1. The van der Waals surface area contributed by atoms with Crippen molar-refractivity contribution < 1.29 is 4.79 Å². The summed E-state index contributed by atoms with van der Waals surface area (Å²) in [5.74, 6) is 5.64. The lowest BCUT2D eigenvalue weighted by molar-refractivity contribution is -0.135. The van der Waals surface area contributed by atoms with E-state index in [1.807, 2.05) is 42.2 Å². The smallest absolute Gasteiger partial charge is 0.298 e. The first-order valence-electron chi connectivity index (χ1n) is 10.7. The zero-order chi connectivity index (χ0) is 22.5. The lowest BCUT2D eigenvalue weighted by atomic mass is 9.79. The summed E-state index contributed by atoms with van der Waals surface area (Å²) in [5, 5.41) is 18.2. The number of fused-ring (bicyclic) bond motifs is 1. The Balaban J connectivity index is 1.50. The van der Waals surface area contributed by atoms with Crippen molar-refractivity contribution in [2.75, 3.05) is 36.8 Å². The largest absolute Gasteiger partial charge is 0.382 e. The molecule has 2 aliphatic rings. The van der Waals surface area contributed by atoms with Crippen LogP contribution in [0.2, 0.25) is 0 Å². The predicted octanol–water partition coefficient (Wildman–Crippen LogP) is 3.05. The van der Waals surface area contributed by atoms with E-state index >= 15 is 0 Å². The summed E-state index contributed by atoms with van der Waals surface area (Å²) in [4.78, 5) is 16.1. The number of hydrogen-bond donors (Lipinski definition) is 2. The molecule has 0 atom stereocenters. The molecular formula is C25H24N6O. The average molecular weight is 425 g/mol. The van der Waals surface area contributed by atoms with Gasteiger partial charge in [0.1, 0.15) is 6.07 Å². The fraction of sp³-hybridized carbons (Fsp3) is 0.320. The number of nitrogens with two attached hydrogens (primary N) is 1. The Bertz CT molecular complexity index is 1350. The van der Waals surface area contributed by atoms with Gasteiger partial charge in [0.25, 0.3) is 5.91 Å². The molecule has 2 aromatic carbocycles. The number of benzene rings is 2. The molecule has 0 saturated carbocycles. The monoisotopic (exact) mass is 424 g/mol. The van der Waals surface area contributed by atoms with Crippen LogP contribution in [0.3, 0.4) is 0 Å². The van der Waals surface area contributed by atoms with Gasteiger partial charge >= 0.3 is 0 Å². The van der Waals surface area contributed by atoms with Gasteiger partial charge in [-0.1, -0.05) is 24.1 Å². The molecule has 32 heavy (non-hydrogen) atoms. The van der Waals surface area contributed by atoms with Gasteiger partial charge < -0.3 is 15.5 Å². The maximum atomic E-state index is 12.0. The molecule has 1 aromatic heterocycles. The maximum Gasteiger partial charge on any atom is 0.298 e. The van der Waals surface area contributed by atoms with Crippen LogP contribution in [0.5, 0.6) is 0 Å². The number of aromatic nitrogens is 2. The quantitative estimate of drug-likeness (QED) is 0.616. The second kappa shape index (κ2) is 7.32. The van der Waals surface area contributed by atoms with Gasteiger partial charge in [-0.05, 0) is 49.4 Å². The predicted molar refractivity (Wildman–Crippen MR) is 125 cm³/mol. The molecule has 7 heteroatoms. The summed E-state index contributed by atoms with van der Waals surface area (Å²) in [6, 6.07) is 12.4. The van der Waals surface area contributed by atoms with Crippen LogP contribution in [0.25, 0.3) is 22.0 Å². The third-order valence-electron chi connectivity index (χ3n) is 6.74. The van der Waals surface area contributed by atoms with Crippen molar-refractivity contribution in [1.29, 1.82) is 5.26 Å². The lowest BCUT2D eigenvalue weighted by Gasteiger charge is -2.47. The van der Waals surface area contributed by atoms with Crippen LogP contribution in [0.1, 0.15) is 24.5 Å². The Hall–Kier alpha value is -3.97. The van der Waals surface area contributed by atoms with Crippen molar-refractivity contribution in [3.8, 4) is 29.0 Å². The molecule has 3 aromatic rings. The molecule has 1 spiro atoms. The van der Waals surface area contributed by atoms with Gasteiger partial charge in [-0.2, -0.15) is 10.4 Å². The fourth-order valence-electron chi connectivity index (χ4n) is 5.21. The van der Waals surface area contributed by atoms with Crippen molar-refractivity contribution in [2.45, 2.75) is 20.3 Å². The highest BCUT2D eigenvalue weighted by atomic mass is 16.2. The van der Waals surface area contributed by atoms with E-state index in [-0.39, 0.29) is 11.3 Å². The molecule has 0 bridgehead atoms. The molecule has 1 amide bonds. The number of carbonyl (C=O) groups excluding carboxylic acids is 1. The number of aromatic amines is 1. The summed E-state index contributed by atoms with van der Waals surface area (Å²) in [5.41, 5.74) is 11.5. The van der Waals surface area contributed by atoms with Crippen LogP contribution in [-0.2, 0) is 4.79 Å². The van der Waals surface area contributed by atoms with E-state index < -0.39 is 0 Å². The summed E-state index contributed by atoms with van der Waals surface area (Å²) in [6.45, 7) is 6.84. The van der Waals surface area contributed by atoms with E-state index in [1.54, 1.807) is 6.92 Å². The minimum absolute atomic E-state index is 0.0821. The zero-order valence-electron chi connectivity index (χ0n) is 18.2. The average Bonchev–Trinajstić information content (AvgIpc) is 3.37. The normalized spacial score (nSPS) is 16.5. The van der Waals surface area contributed by atoms with Crippen LogP contribution in [-0.4, -0.2) is 47.2 Å². The molecule has 0 radical (unpaired) electrons. The number of nitrogens with one attached hydrogen (secondary N) is 1. The summed E-state index contributed by atoms with van der Waals surface area (Å²) < 4.78 is 0. The molecule has 2 fully saturated rings. The highest BCUT2D eigenvalue weighted by Crippen LogP contribution is 2.44. The SMILES string of the molecule is CC#CC(=O)N1CC2(CCN(c3cccc(-c4c(C)ccc5[nH]nc(N)c45)c3C#N)C2)C1. The van der Waals surface area contributed by atoms with Crippen LogP contribution >= 0.6 is 0 Å². The summed E-state index contributed by atoms with van der Waals surface area (Å²) in [6.07, 6.45) is 0.995. The Labute approximate surface area is 186 Å². The molecule has 2 saturated heterocycles. The Morgan fingerprint density at radius 3 is 2.81 bits per heavy atom. The van der Waals surface area contributed by atoms with Crippen LogP contribution < -0.4 is 10.6 Å². The zero-order valence-corrected chi connectivity index (χ0v) is 18.2. The standard InChI is InChI=1S/C25H24N6O/c1-3-5-21(32)31-14-25(15-31)10-11-30(13-25)20-7-4-6-17(18(20)12-26)22-16(2)8-9-19-23(22)24(27)29-28-19/h4,6-9H,10-11,13-15H2,1-2H3,(H3,27,28,29). The lowest BCUT2D eigenvalue weighted by Crippen LogP contribution is -2.59. The van der Waals surface area contributed by atoms with Gasteiger partial charge in [-0.25, -0.2) is 0 Å². The molecule has 0 unspecified atom stereocenters. The number of rotatable bonds is 2. The molecule has 2 aliphatic heterocycles. The van der Waals surface area contributed by atoms with E-state index in [0.29, 0.717) is 11.4 Å². The molecule has 5 rings (SSSR count). The minimum atomic E-state index is -0.0995. The van der Waals surface area contributed by atoms with E-state index in [9.17, 15) is 10.1 Å². The Morgan fingerprint density at radius 2 is 2.06 bits per heavy atom. The molecule has 7 nitrogen and oxygen atoms in total. The number of amides is 1. The van der Waals surface area contributed by atoms with E-state index in [2.05, 4.69) is 33.0 Å². The number of anilines is 2. The number of hydrogen-bond acceptors (Lipinski definition) is 5. The van der Waals surface area contributed by atoms with E-state index in [0.717, 1.165) is 65.9 Å². The van der Waals surface area contributed by atoms with Crippen LogP contribution in [0, 0.1) is 35.5 Å². The first-order valence-corrected chi connectivity index (χ1v) is 10.7. The molecule has 0 aliphatic carbocycles. The highest BCUT2D eigenvalue weighted by Gasteiger charge is 2.49. The first kappa shape index (κ1) is 20.0. The van der Waals surface area contributed by atoms with Gasteiger partial charge in [0.2, 0.25) is 0 Å². The number of carbonyl (C=O) groups is 1. The van der Waals surface area contributed by atoms with Gasteiger partial charge in [-0.15, -0.1) is 0 Å². The number of nitrogen functional groups attached to an aromatic ring is 1. The van der Waals surface area contributed by atoms with Gasteiger partial charge in [0.15, 0.2) is 5.82 Å². The third-order valence-corrected chi connectivity index (χ3v) is 6.74. The second-order valence-electron chi connectivity index (χ2n) is 8.81. The second-order valence-corrected chi connectivity index (χ2v) is 8.81. The van der Waals surface area contributed by atoms with Crippen molar-refractivity contribution in [1.82, 2.24) is 15.1 Å². The minimum Gasteiger partial charge on any atom is -0.382 e.